The zero-order valence-electron chi connectivity index (χ0n) is 17.5. The van der Waals surface area contributed by atoms with Crippen LogP contribution in [-0.4, -0.2) is 12.6 Å². The molecule has 2 N–H and O–H groups in total. The maximum Gasteiger partial charge on any atom is 0.231 e. The van der Waals surface area contributed by atoms with Gasteiger partial charge in [0.1, 0.15) is 5.78 Å². The summed E-state index contributed by atoms with van der Waals surface area (Å²) in [6.07, 6.45) is 2.61. The molecule has 3 atom stereocenters. The van der Waals surface area contributed by atoms with E-state index in [1.807, 2.05) is 60.7 Å². The smallest absolute Gasteiger partial charge is 0.231 e. The third-order valence-corrected chi connectivity index (χ3v) is 7.40. The Morgan fingerprint density at radius 2 is 1.70 bits per heavy atom. The molecule has 5 nitrogen and oxygen atoms in total. The Labute approximate surface area is 204 Å². The van der Waals surface area contributed by atoms with E-state index in [9.17, 15) is 4.79 Å². The molecule has 166 valence electrons. The zero-order chi connectivity index (χ0) is 22.5. The lowest BCUT2D eigenvalue weighted by molar-refractivity contribution is -0.122. The molecule has 0 fully saturated rings. The largest absolute Gasteiger partial charge is 0.454 e. The molecule has 0 saturated heterocycles. The van der Waals surface area contributed by atoms with Crippen molar-refractivity contribution < 1.29 is 14.3 Å². The predicted octanol–water partition coefficient (Wildman–Crippen LogP) is 6.67. The Hall–Kier alpha value is -2.96. The minimum atomic E-state index is -0.377. The summed E-state index contributed by atoms with van der Waals surface area (Å²) in [6.45, 7) is 0.198. The van der Waals surface area contributed by atoms with E-state index in [1.54, 1.807) is 0 Å². The van der Waals surface area contributed by atoms with Crippen LogP contribution in [0.25, 0.3) is 0 Å². The number of allylic oxidation sites excluding steroid dienone is 1. The molecule has 0 saturated carbocycles. The quantitative estimate of drug-likeness (QED) is 0.393. The number of para-hydroxylation sites is 2. The van der Waals surface area contributed by atoms with Crippen LogP contribution < -0.4 is 20.1 Å². The molecule has 0 radical (unpaired) electrons. The van der Waals surface area contributed by atoms with Crippen LogP contribution in [0.2, 0.25) is 5.02 Å². The highest BCUT2D eigenvalue weighted by Crippen LogP contribution is 2.48. The first kappa shape index (κ1) is 20.6. The maximum absolute atomic E-state index is 13.7. The van der Waals surface area contributed by atoms with Crippen LogP contribution in [0.15, 0.2) is 76.9 Å². The van der Waals surface area contributed by atoms with Crippen molar-refractivity contribution in [2.45, 2.75) is 18.4 Å². The van der Waals surface area contributed by atoms with E-state index < -0.39 is 0 Å². The number of carbonyl (C=O) groups is 1. The van der Waals surface area contributed by atoms with Gasteiger partial charge >= 0.3 is 0 Å². The highest BCUT2D eigenvalue weighted by Gasteiger charge is 2.41. The van der Waals surface area contributed by atoms with Crippen molar-refractivity contribution in [3.8, 4) is 11.5 Å². The van der Waals surface area contributed by atoms with E-state index in [4.69, 9.17) is 21.1 Å². The number of rotatable bonds is 2. The number of hydrogen-bond acceptors (Lipinski definition) is 5. The Balaban J connectivity index is 1.48. The second-order valence-electron chi connectivity index (χ2n) is 8.45. The molecule has 3 aliphatic rings. The molecule has 3 aromatic rings. The molecular weight excluding hydrogens is 504 g/mol. The summed E-state index contributed by atoms with van der Waals surface area (Å²) >= 11 is 9.79. The van der Waals surface area contributed by atoms with Crippen molar-refractivity contribution >= 4 is 44.7 Å². The molecule has 2 heterocycles. The van der Waals surface area contributed by atoms with Crippen LogP contribution in [0.1, 0.15) is 29.5 Å². The average Bonchev–Trinajstić information content (AvgIpc) is 3.18. The molecule has 6 rings (SSSR count). The minimum Gasteiger partial charge on any atom is -0.454 e. The summed E-state index contributed by atoms with van der Waals surface area (Å²) in [6, 6.07) is 19.3. The molecule has 0 bridgehead atoms. The van der Waals surface area contributed by atoms with Gasteiger partial charge in [-0.25, -0.2) is 0 Å². The summed E-state index contributed by atoms with van der Waals surface area (Å²) < 4.78 is 12.0. The van der Waals surface area contributed by atoms with E-state index in [1.165, 1.54) is 0 Å². The fourth-order valence-corrected chi connectivity index (χ4v) is 5.55. The maximum atomic E-state index is 13.7. The fourth-order valence-electron chi connectivity index (χ4n) is 4.86. The minimum absolute atomic E-state index is 0.0142. The number of nitrogens with one attached hydrogen (secondary N) is 2. The normalized spacial score (nSPS) is 22.9. The lowest BCUT2D eigenvalue weighted by Crippen LogP contribution is -2.34. The van der Waals surface area contributed by atoms with Crippen LogP contribution in [0.5, 0.6) is 11.5 Å². The number of benzene rings is 3. The molecule has 2 aliphatic heterocycles. The molecule has 1 aliphatic carbocycles. The number of anilines is 2. The summed E-state index contributed by atoms with van der Waals surface area (Å²) in [5.41, 5.74) is 4.81. The summed E-state index contributed by atoms with van der Waals surface area (Å²) in [7, 11) is 0. The average molecular weight is 524 g/mol. The summed E-state index contributed by atoms with van der Waals surface area (Å²) in [5.74, 6) is 1.17. The topological polar surface area (TPSA) is 59.6 Å². The standard InChI is InChI=1S/C26H20BrClN2O3/c27-18-12-24-23(32-13-33-24)11-17(18)26-25-21(29-19-3-1-2-4-20(19)30-26)9-15(10-22(25)31)14-5-7-16(28)8-6-14/h1-9,11-12,15,25-26,29-30H,10,13H2. The zero-order valence-corrected chi connectivity index (χ0v) is 19.8. The molecule has 0 spiro atoms. The molecule has 0 amide bonds. The molecule has 0 aromatic heterocycles. The Bertz CT molecular complexity index is 1290. The van der Waals surface area contributed by atoms with Gasteiger partial charge in [0.25, 0.3) is 0 Å². The van der Waals surface area contributed by atoms with Gasteiger partial charge in [-0.15, -0.1) is 0 Å². The first-order valence-electron chi connectivity index (χ1n) is 10.8. The van der Waals surface area contributed by atoms with Gasteiger partial charge in [0, 0.05) is 27.5 Å². The third-order valence-electron chi connectivity index (χ3n) is 6.46. The van der Waals surface area contributed by atoms with E-state index in [2.05, 4.69) is 32.6 Å². The van der Waals surface area contributed by atoms with Crippen molar-refractivity contribution in [1.82, 2.24) is 0 Å². The SMILES string of the molecule is O=C1CC(c2ccc(Cl)cc2)C=C2Nc3ccccc3NC(c3cc4c(cc3Br)OCO4)C12. The van der Waals surface area contributed by atoms with Crippen LogP contribution in [0, 0.1) is 5.92 Å². The molecule has 7 heteroatoms. The summed E-state index contributed by atoms with van der Waals surface area (Å²) in [5, 5.41) is 7.87. The van der Waals surface area contributed by atoms with E-state index in [0.29, 0.717) is 22.9 Å². The van der Waals surface area contributed by atoms with Gasteiger partial charge in [-0.05, 0) is 47.5 Å². The van der Waals surface area contributed by atoms with Gasteiger partial charge in [0.2, 0.25) is 6.79 Å². The molecular formula is C26H20BrClN2O3. The third kappa shape index (κ3) is 3.67. The predicted molar refractivity (Wildman–Crippen MR) is 132 cm³/mol. The monoisotopic (exact) mass is 522 g/mol. The van der Waals surface area contributed by atoms with E-state index in [0.717, 1.165) is 32.7 Å². The number of halogens is 2. The van der Waals surface area contributed by atoms with E-state index >= 15 is 0 Å². The molecule has 3 unspecified atom stereocenters. The number of ether oxygens (including phenoxy) is 2. The van der Waals surface area contributed by atoms with Crippen LogP contribution >= 0.6 is 27.5 Å². The first-order valence-corrected chi connectivity index (χ1v) is 12.0. The second-order valence-corrected chi connectivity index (χ2v) is 9.74. The number of hydrogen-bond donors (Lipinski definition) is 2. The number of fused-ring (bicyclic) bond motifs is 3. The first-order chi connectivity index (χ1) is 16.1. The Morgan fingerprint density at radius 1 is 0.970 bits per heavy atom. The van der Waals surface area contributed by atoms with Gasteiger partial charge in [-0.3, -0.25) is 4.79 Å². The molecule has 33 heavy (non-hydrogen) atoms. The summed E-state index contributed by atoms with van der Waals surface area (Å²) in [4.78, 5) is 13.7. The Morgan fingerprint density at radius 3 is 2.48 bits per heavy atom. The number of Topliss-reactive ketones (excluding diaryl/α,β-unsaturated/α-hetero) is 1. The lowest BCUT2D eigenvalue weighted by atomic mass is 9.76. The van der Waals surface area contributed by atoms with Crippen molar-refractivity contribution in [2.75, 3.05) is 17.4 Å². The van der Waals surface area contributed by atoms with E-state index in [-0.39, 0.29) is 30.5 Å². The molecule has 3 aromatic carbocycles. The van der Waals surface area contributed by atoms with Crippen molar-refractivity contribution in [3.05, 3.63) is 93.1 Å². The fraction of sp³-hybridized carbons (Fsp3) is 0.192. The van der Waals surface area contributed by atoms with Gasteiger partial charge in [0.05, 0.1) is 23.3 Å². The van der Waals surface area contributed by atoms with Gasteiger partial charge in [0.15, 0.2) is 11.5 Å². The van der Waals surface area contributed by atoms with Gasteiger partial charge in [-0.2, -0.15) is 0 Å². The van der Waals surface area contributed by atoms with Gasteiger partial charge in [-0.1, -0.05) is 57.9 Å². The lowest BCUT2D eigenvalue weighted by Gasteiger charge is -2.33. The second kappa shape index (κ2) is 8.12. The highest BCUT2D eigenvalue weighted by atomic mass is 79.9. The van der Waals surface area contributed by atoms with Crippen LogP contribution in [0.4, 0.5) is 11.4 Å². The number of ketones is 1. The van der Waals surface area contributed by atoms with Crippen LogP contribution in [0.3, 0.4) is 0 Å². The van der Waals surface area contributed by atoms with Crippen molar-refractivity contribution in [2.24, 2.45) is 5.92 Å². The van der Waals surface area contributed by atoms with Crippen molar-refractivity contribution in [3.63, 3.8) is 0 Å². The highest BCUT2D eigenvalue weighted by molar-refractivity contribution is 9.10. The van der Waals surface area contributed by atoms with Gasteiger partial charge < -0.3 is 20.1 Å². The Kier molecular flexibility index (Phi) is 5.07. The number of carbonyl (C=O) groups excluding carboxylic acids is 1. The van der Waals surface area contributed by atoms with Crippen LogP contribution in [-0.2, 0) is 4.79 Å². The van der Waals surface area contributed by atoms with Crippen molar-refractivity contribution in [1.29, 1.82) is 0 Å².